The minimum absolute atomic E-state index is 0.0983. The molecular formula is C21H25F3N4O2. The van der Waals surface area contributed by atoms with Crippen LogP contribution in [-0.4, -0.2) is 63.8 Å². The van der Waals surface area contributed by atoms with Gasteiger partial charge in [0.25, 0.3) is 5.91 Å². The van der Waals surface area contributed by atoms with Crippen molar-refractivity contribution in [2.75, 3.05) is 26.2 Å². The van der Waals surface area contributed by atoms with Crippen LogP contribution in [0.1, 0.15) is 36.2 Å². The standard InChI is InChI=1S/C21H25F3N4O2/c1-26-18(20(29)28-11-7-16(8-12-28)27-9-2-3-10-27)14-25-19(26)15-5-4-6-17(13-15)30-21(22,23)24/h4-6,13-14,16H,2-3,7-12H2,1H3. The molecule has 9 heteroatoms. The minimum Gasteiger partial charge on any atom is -0.406 e. The predicted octanol–water partition coefficient (Wildman–Crippen LogP) is 3.69. The average molecular weight is 422 g/mol. The summed E-state index contributed by atoms with van der Waals surface area (Å²) in [6.45, 7) is 3.71. The van der Waals surface area contributed by atoms with E-state index in [1.165, 1.54) is 37.2 Å². The molecule has 2 aromatic rings. The van der Waals surface area contributed by atoms with Crippen molar-refractivity contribution < 1.29 is 22.7 Å². The molecule has 2 aliphatic heterocycles. The molecule has 2 aliphatic rings. The lowest BCUT2D eigenvalue weighted by atomic mass is 10.0. The molecule has 0 aliphatic carbocycles. The van der Waals surface area contributed by atoms with Gasteiger partial charge in [-0.3, -0.25) is 4.79 Å². The van der Waals surface area contributed by atoms with Crippen molar-refractivity contribution >= 4 is 5.91 Å². The first-order chi connectivity index (χ1) is 14.3. The van der Waals surface area contributed by atoms with Gasteiger partial charge in [0.15, 0.2) is 0 Å². The van der Waals surface area contributed by atoms with Crippen LogP contribution in [0.5, 0.6) is 5.75 Å². The van der Waals surface area contributed by atoms with Crippen molar-refractivity contribution in [2.45, 2.75) is 38.1 Å². The third kappa shape index (κ3) is 4.45. The monoisotopic (exact) mass is 422 g/mol. The Labute approximate surface area is 173 Å². The number of rotatable bonds is 4. The number of amides is 1. The number of alkyl halides is 3. The molecule has 2 fully saturated rings. The number of hydrogen-bond donors (Lipinski definition) is 0. The summed E-state index contributed by atoms with van der Waals surface area (Å²) in [5.74, 6) is -0.00314. The van der Waals surface area contributed by atoms with Crippen molar-refractivity contribution in [3.05, 3.63) is 36.2 Å². The normalized spacial score (nSPS) is 18.7. The average Bonchev–Trinajstić information content (AvgIpc) is 3.36. The van der Waals surface area contributed by atoms with Crippen LogP contribution >= 0.6 is 0 Å². The SMILES string of the molecule is Cn1c(C(=O)N2CCC(N3CCCC3)CC2)cnc1-c1cccc(OC(F)(F)F)c1. The Kier molecular flexibility index (Phi) is 5.73. The molecule has 0 bridgehead atoms. The lowest BCUT2D eigenvalue weighted by Gasteiger charge is -2.36. The summed E-state index contributed by atoms with van der Waals surface area (Å²) in [6.07, 6.45) is 1.17. The summed E-state index contributed by atoms with van der Waals surface area (Å²) in [4.78, 5) is 21.7. The number of nitrogens with zero attached hydrogens (tertiary/aromatic N) is 4. The number of hydrogen-bond acceptors (Lipinski definition) is 4. The fourth-order valence-electron chi connectivity index (χ4n) is 4.41. The highest BCUT2D eigenvalue weighted by Crippen LogP contribution is 2.28. The van der Waals surface area contributed by atoms with E-state index in [2.05, 4.69) is 14.6 Å². The molecule has 2 saturated heterocycles. The van der Waals surface area contributed by atoms with Gasteiger partial charge in [-0.15, -0.1) is 13.2 Å². The first-order valence-electron chi connectivity index (χ1n) is 10.2. The molecule has 1 aromatic carbocycles. The Hall–Kier alpha value is -2.55. The molecule has 6 nitrogen and oxygen atoms in total. The van der Waals surface area contributed by atoms with Gasteiger partial charge in [0.05, 0.1) is 6.20 Å². The van der Waals surface area contributed by atoms with E-state index >= 15 is 0 Å². The summed E-state index contributed by atoms with van der Waals surface area (Å²) >= 11 is 0. The second-order valence-corrected chi connectivity index (χ2v) is 7.87. The molecule has 1 aromatic heterocycles. The minimum atomic E-state index is -4.76. The van der Waals surface area contributed by atoms with Crippen LogP contribution in [-0.2, 0) is 7.05 Å². The molecule has 1 amide bonds. The van der Waals surface area contributed by atoms with Crippen molar-refractivity contribution in [2.24, 2.45) is 7.05 Å². The molecule has 0 saturated carbocycles. The molecule has 3 heterocycles. The van der Waals surface area contributed by atoms with Crippen LogP contribution in [0.3, 0.4) is 0 Å². The Morgan fingerprint density at radius 2 is 1.83 bits per heavy atom. The van der Waals surface area contributed by atoms with Gasteiger partial charge in [0.1, 0.15) is 17.3 Å². The molecule has 162 valence electrons. The fourth-order valence-corrected chi connectivity index (χ4v) is 4.41. The highest BCUT2D eigenvalue weighted by atomic mass is 19.4. The first kappa shape index (κ1) is 20.7. The van der Waals surface area contributed by atoms with Gasteiger partial charge in [0, 0.05) is 31.7 Å². The summed E-state index contributed by atoms with van der Waals surface area (Å²) < 4.78 is 43.1. The van der Waals surface area contributed by atoms with E-state index in [0.29, 0.717) is 36.2 Å². The van der Waals surface area contributed by atoms with E-state index in [-0.39, 0.29) is 11.7 Å². The first-order valence-corrected chi connectivity index (χ1v) is 10.2. The summed E-state index contributed by atoms with van der Waals surface area (Å²) in [7, 11) is 1.70. The highest BCUT2D eigenvalue weighted by molar-refractivity contribution is 5.93. The zero-order valence-corrected chi connectivity index (χ0v) is 16.9. The van der Waals surface area contributed by atoms with E-state index in [0.717, 1.165) is 25.9 Å². The van der Waals surface area contributed by atoms with Crippen LogP contribution in [0.2, 0.25) is 0 Å². The number of halogens is 3. The van der Waals surface area contributed by atoms with Gasteiger partial charge in [-0.2, -0.15) is 0 Å². The number of carbonyl (C=O) groups excluding carboxylic acids is 1. The number of ether oxygens (including phenoxy) is 1. The molecule has 0 atom stereocenters. The maximum atomic E-state index is 13.0. The van der Waals surface area contributed by atoms with Gasteiger partial charge in [0.2, 0.25) is 0 Å². The third-order valence-electron chi connectivity index (χ3n) is 5.94. The predicted molar refractivity (Wildman–Crippen MR) is 105 cm³/mol. The van der Waals surface area contributed by atoms with Gasteiger partial charge >= 0.3 is 6.36 Å². The Morgan fingerprint density at radius 3 is 2.50 bits per heavy atom. The van der Waals surface area contributed by atoms with Crippen LogP contribution in [0.15, 0.2) is 30.5 Å². The molecule has 0 spiro atoms. The highest BCUT2D eigenvalue weighted by Gasteiger charge is 2.32. The van der Waals surface area contributed by atoms with Crippen molar-refractivity contribution in [3.63, 3.8) is 0 Å². The second kappa shape index (κ2) is 8.29. The van der Waals surface area contributed by atoms with Crippen molar-refractivity contribution in [3.8, 4) is 17.1 Å². The van der Waals surface area contributed by atoms with E-state index in [1.807, 2.05) is 4.90 Å². The Bertz CT molecular complexity index is 898. The van der Waals surface area contributed by atoms with Gasteiger partial charge < -0.3 is 19.1 Å². The van der Waals surface area contributed by atoms with Crippen LogP contribution < -0.4 is 4.74 Å². The number of likely N-dealkylation sites (tertiary alicyclic amines) is 2. The molecular weight excluding hydrogens is 397 g/mol. The zero-order chi connectivity index (χ0) is 21.3. The number of carbonyl (C=O) groups is 1. The van der Waals surface area contributed by atoms with Gasteiger partial charge in [-0.1, -0.05) is 12.1 Å². The van der Waals surface area contributed by atoms with Crippen LogP contribution in [0.4, 0.5) is 13.2 Å². The lowest BCUT2D eigenvalue weighted by molar-refractivity contribution is -0.274. The maximum Gasteiger partial charge on any atom is 0.573 e. The summed E-state index contributed by atoms with van der Waals surface area (Å²) in [5, 5.41) is 0. The molecule has 0 radical (unpaired) electrons. The molecule has 4 rings (SSSR count). The maximum absolute atomic E-state index is 13.0. The molecule has 30 heavy (non-hydrogen) atoms. The second-order valence-electron chi connectivity index (χ2n) is 7.87. The largest absolute Gasteiger partial charge is 0.573 e. The quantitative estimate of drug-likeness (QED) is 0.754. The van der Waals surface area contributed by atoms with E-state index < -0.39 is 6.36 Å². The number of piperidine rings is 1. The number of benzene rings is 1. The molecule has 0 N–H and O–H groups in total. The third-order valence-corrected chi connectivity index (χ3v) is 5.94. The summed E-state index contributed by atoms with van der Waals surface area (Å²) in [5.41, 5.74) is 0.873. The lowest BCUT2D eigenvalue weighted by Crippen LogP contribution is -2.46. The van der Waals surface area contributed by atoms with Gasteiger partial charge in [-0.25, -0.2) is 4.98 Å². The topological polar surface area (TPSA) is 50.6 Å². The Morgan fingerprint density at radius 1 is 1.13 bits per heavy atom. The van der Waals surface area contributed by atoms with E-state index in [9.17, 15) is 18.0 Å². The van der Waals surface area contributed by atoms with Crippen LogP contribution in [0, 0.1) is 0 Å². The van der Waals surface area contributed by atoms with Crippen LogP contribution in [0.25, 0.3) is 11.4 Å². The summed E-state index contributed by atoms with van der Waals surface area (Å²) in [6, 6.07) is 6.16. The Balaban J connectivity index is 1.46. The fraction of sp³-hybridized carbons (Fsp3) is 0.524. The van der Waals surface area contributed by atoms with Gasteiger partial charge in [-0.05, 0) is 50.9 Å². The zero-order valence-electron chi connectivity index (χ0n) is 16.9. The number of imidazole rings is 1. The molecule has 0 unspecified atom stereocenters. The smallest absolute Gasteiger partial charge is 0.406 e. The van der Waals surface area contributed by atoms with Crippen molar-refractivity contribution in [1.29, 1.82) is 0 Å². The van der Waals surface area contributed by atoms with E-state index in [1.54, 1.807) is 17.7 Å². The van der Waals surface area contributed by atoms with E-state index in [4.69, 9.17) is 0 Å². The van der Waals surface area contributed by atoms with Crippen molar-refractivity contribution in [1.82, 2.24) is 19.4 Å². The number of aromatic nitrogens is 2.